The number of likely N-dealkylation sites (tertiary alicyclic amines) is 1. The van der Waals surface area contributed by atoms with E-state index in [0.29, 0.717) is 0 Å². The highest BCUT2D eigenvalue weighted by atomic mass is 16.5. The number of nitrogens with zero attached hydrogens (tertiary/aromatic N) is 1. The van der Waals surface area contributed by atoms with Gasteiger partial charge in [0, 0.05) is 31.5 Å². The van der Waals surface area contributed by atoms with E-state index in [1.807, 2.05) is 0 Å². The Morgan fingerprint density at radius 2 is 1.75 bits per heavy atom. The molecule has 2 aliphatic rings. The minimum atomic E-state index is 0.797. The van der Waals surface area contributed by atoms with Crippen LogP contribution in [-0.2, 0) is 11.3 Å². The first kappa shape index (κ1) is 10.3. The van der Waals surface area contributed by atoms with Crippen LogP contribution in [0.2, 0.25) is 0 Å². The molecule has 86 valence electrons. The van der Waals surface area contributed by atoms with Crippen molar-refractivity contribution >= 4 is 0 Å². The predicted octanol–water partition coefficient (Wildman–Crippen LogP) is 2.07. The van der Waals surface area contributed by atoms with Gasteiger partial charge in [0.1, 0.15) is 0 Å². The SMILES string of the molecule is Cc1ccc(CN2C[C@@H]3COC[C@H]3C2)cc1. The topological polar surface area (TPSA) is 12.5 Å². The van der Waals surface area contributed by atoms with Gasteiger partial charge in [-0.25, -0.2) is 0 Å². The first-order valence-corrected chi connectivity index (χ1v) is 6.17. The summed E-state index contributed by atoms with van der Waals surface area (Å²) in [6, 6.07) is 8.91. The van der Waals surface area contributed by atoms with Crippen LogP contribution in [0.15, 0.2) is 24.3 Å². The molecule has 0 unspecified atom stereocenters. The molecule has 0 radical (unpaired) electrons. The van der Waals surface area contributed by atoms with Gasteiger partial charge in [0.2, 0.25) is 0 Å². The fourth-order valence-electron chi connectivity index (χ4n) is 2.87. The Kier molecular flexibility index (Phi) is 2.70. The van der Waals surface area contributed by atoms with E-state index in [1.165, 1.54) is 24.2 Å². The molecule has 0 aromatic heterocycles. The van der Waals surface area contributed by atoms with E-state index < -0.39 is 0 Å². The molecule has 2 atom stereocenters. The lowest BCUT2D eigenvalue weighted by Crippen LogP contribution is -2.22. The van der Waals surface area contributed by atoms with E-state index in [9.17, 15) is 0 Å². The average Bonchev–Trinajstić information content (AvgIpc) is 2.81. The molecule has 0 spiro atoms. The van der Waals surface area contributed by atoms with Crippen LogP contribution in [0.5, 0.6) is 0 Å². The molecule has 2 fully saturated rings. The summed E-state index contributed by atoms with van der Waals surface area (Å²) in [5.41, 5.74) is 2.78. The molecule has 0 N–H and O–H groups in total. The molecule has 0 saturated carbocycles. The molecule has 1 aromatic rings. The third-order valence-electron chi connectivity index (χ3n) is 3.84. The normalized spacial score (nSPS) is 29.6. The van der Waals surface area contributed by atoms with Gasteiger partial charge in [0.25, 0.3) is 0 Å². The van der Waals surface area contributed by atoms with Crippen LogP contribution in [0.1, 0.15) is 11.1 Å². The van der Waals surface area contributed by atoms with E-state index in [-0.39, 0.29) is 0 Å². The van der Waals surface area contributed by atoms with Crippen LogP contribution in [0, 0.1) is 18.8 Å². The molecule has 0 amide bonds. The molecule has 2 saturated heterocycles. The summed E-state index contributed by atoms with van der Waals surface area (Å²) in [6.45, 7) is 7.65. The lowest BCUT2D eigenvalue weighted by molar-refractivity contribution is 0.153. The second-order valence-corrected chi connectivity index (χ2v) is 5.24. The van der Waals surface area contributed by atoms with Crippen LogP contribution >= 0.6 is 0 Å². The summed E-state index contributed by atoms with van der Waals surface area (Å²) in [7, 11) is 0. The largest absolute Gasteiger partial charge is 0.381 e. The van der Waals surface area contributed by atoms with Crippen molar-refractivity contribution in [3.05, 3.63) is 35.4 Å². The number of hydrogen-bond acceptors (Lipinski definition) is 2. The van der Waals surface area contributed by atoms with E-state index >= 15 is 0 Å². The third-order valence-corrected chi connectivity index (χ3v) is 3.84. The van der Waals surface area contributed by atoms with E-state index in [0.717, 1.165) is 31.6 Å². The van der Waals surface area contributed by atoms with Crippen LogP contribution in [0.3, 0.4) is 0 Å². The van der Waals surface area contributed by atoms with Crippen LogP contribution in [0.25, 0.3) is 0 Å². The maximum atomic E-state index is 5.50. The first-order valence-electron chi connectivity index (χ1n) is 6.17. The van der Waals surface area contributed by atoms with E-state index in [4.69, 9.17) is 4.74 Å². The van der Waals surface area contributed by atoms with Crippen molar-refractivity contribution in [2.45, 2.75) is 13.5 Å². The van der Waals surface area contributed by atoms with E-state index in [1.54, 1.807) is 0 Å². The Balaban J connectivity index is 1.62. The van der Waals surface area contributed by atoms with Crippen LogP contribution in [-0.4, -0.2) is 31.2 Å². The Morgan fingerprint density at radius 1 is 1.12 bits per heavy atom. The molecule has 16 heavy (non-hydrogen) atoms. The van der Waals surface area contributed by atoms with Gasteiger partial charge < -0.3 is 4.74 Å². The highest BCUT2D eigenvalue weighted by molar-refractivity contribution is 5.21. The molecule has 2 aliphatic heterocycles. The molecule has 2 heterocycles. The highest BCUT2D eigenvalue weighted by Gasteiger charge is 2.36. The number of benzene rings is 1. The van der Waals surface area contributed by atoms with Crippen LogP contribution < -0.4 is 0 Å². The van der Waals surface area contributed by atoms with Crippen molar-refractivity contribution in [2.75, 3.05) is 26.3 Å². The lowest BCUT2D eigenvalue weighted by Gasteiger charge is -2.16. The minimum Gasteiger partial charge on any atom is -0.381 e. The number of fused-ring (bicyclic) bond motifs is 1. The van der Waals surface area contributed by atoms with Gasteiger partial charge >= 0.3 is 0 Å². The maximum Gasteiger partial charge on any atom is 0.0510 e. The zero-order chi connectivity index (χ0) is 11.0. The first-order chi connectivity index (χ1) is 7.81. The summed E-state index contributed by atoms with van der Waals surface area (Å²) in [5, 5.41) is 0. The average molecular weight is 217 g/mol. The Labute approximate surface area is 97.2 Å². The number of rotatable bonds is 2. The Bertz CT molecular complexity index is 348. The van der Waals surface area contributed by atoms with Crippen LogP contribution in [0.4, 0.5) is 0 Å². The van der Waals surface area contributed by atoms with Crippen molar-refractivity contribution in [1.82, 2.24) is 4.90 Å². The summed E-state index contributed by atoms with van der Waals surface area (Å²) in [5.74, 6) is 1.59. The van der Waals surface area contributed by atoms with Crippen molar-refractivity contribution < 1.29 is 4.74 Å². The van der Waals surface area contributed by atoms with Gasteiger partial charge in [-0.15, -0.1) is 0 Å². The maximum absolute atomic E-state index is 5.50. The molecule has 3 rings (SSSR count). The molecular formula is C14H19NO. The lowest BCUT2D eigenvalue weighted by atomic mass is 10.0. The molecular weight excluding hydrogens is 198 g/mol. The minimum absolute atomic E-state index is 0.797. The molecule has 1 aromatic carbocycles. The van der Waals surface area contributed by atoms with Gasteiger partial charge in [-0.1, -0.05) is 29.8 Å². The second kappa shape index (κ2) is 4.19. The molecule has 0 bridgehead atoms. The summed E-state index contributed by atoms with van der Waals surface area (Å²) in [4.78, 5) is 2.57. The fourth-order valence-corrected chi connectivity index (χ4v) is 2.87. The molecule has 2 heteroatoms. The zero-order valence-electron chi connectivity index (χ0n) is 9.86. The summed E-state index contributed by atoms with van der Waals surface area (Å²) >= 11 is 0. The van der Waals surface area contributed by atoms with E-state index in [2.05, 4.69) is 36.1 Å². The van der Waals surface area contributed by atoms with Gasteiger partial charge in [-0.2, -0.15) is 0 Å². The van der Waals surface area contributed by atoms with Crippen molar-refractivity contribution in [3.63, 3.8) is 0 Å². The quantitative estimate of drug-likeness (QED) is 0.752. The van der Waals surface area contributed by atoms with Crippen molar-refractivity contribution in [2.24, 2.45) is 11.8 Å². The van der Waals surface area contributed by atoms with Gasteiger partial charge in [0.15, 0.2) is 0 Å². The van der Waals surface area contributed by atoms with Gasteiger partial charge in [-0.05, 0) is 12.5 Å². The standard InChI is InChI=1S/C14H19NO/c1-11-2-4-12(5-3-11)6-15-7-13-9-16-10-14(13)8-15/h2-5,13-14H,6-10H2,1H3/t13-,14-/m1/s1. The smallest absolute Gasteiger partial charge is 0.0510 e. The number of ether oxygens (including phenoxy) is 1. The highest BCUT2D eigenvalue weighted by Crippen LogP contribution is 2.29. The Morgan fingerprint density at radius 3 is 2.38 bits per heavy atom. The van der Waals surface area contributed by atoms with Crippen molar-refractivity contribution in [3.8, 4) is 0 Å². The van der Waals surface area contributed by atoms with Crippen molar-refractivity contribution in [1.29, 1.82) is 0 Å². The number of aryl methyl sites for hydroxylation is 1. The Hall–Kier alpha value is -0.860. The zero-order valence-corrected chi connectivity index (χ0v) is 9.86. The van der Waals surface area contributed by atoms with Gasteiger partial charge in [-0.3, -0.25) is 4.90 Å². The molecule has 2 nitrogen and oxygen atoms in total. The number of hydrogen-bond donors (Lipinski definition) is 0. The fraction of sp³-hybridized carbons (Fsp3) is 0.571. The second-order valence-electron chi connectivity index (χ2n) is 5.24. The summed E-state index contributed by atoms with van der Waals surface area (Å²) in [6.07, 6.45) is 0. The molecule has 0 aliphatic carbocycles. The third kappa shape index (κ3) is 2.00. The predicted molar refractivity (Wildman–Crippen MR) is 64.3 cm³/mol. The summed E-state index contributed by atoms with van der Waals surface area (Å²) < 4.78 is 5.50. The monoisotopic (exact) mass is 217 g/mol. The van der Waals surface area contributed by atoms with Gasteiger partial charge in [0.05, 0.1) is 13.2 Å².